The van der Waals surface area contributed by atoms with Gasteiger partial charge < -0.3 is 9.47 Å². The van der Waals surface area contributed by atoms with Crippen molar-refractivity contribution in [1.29, 1.82) is 0 Å². The lowest BCUT2D eigenvalue weighted by Crippen LogP contribution is -2.07. The summed E-state index contributed by atoms with van der Waals surface area (Å²) in [5.74, 6) is 0.532. The van der Waals surface area contributed by atoms with Crippen molar-refractivity contribution in [3.8, 4) is 0 Å². The number of ketones is 1. The maximum Gasteiger partial charge on any atom is 0.208 e. The average molecular weight is 310 g/mol. The van der Waals surface area contributed by atoms with Gasteiger partial charge in [-0.15, -0.1) is 10.2 Å². The predicted molar refractivity (Wildman–Crippen MR) is 84.2 cm³/mol. The molecule has 0 radical (unpaired) electrons. The van der Waals surface area contributed by atoms with Gasteiger partial charge >= 0.3 is 0 Å². The molecule has 2 aromatic rings. The van der Waals surface area contributed by atoms with Crippen molar-refractivity contribution in [2.45, 2.75) is 18.2 Å². The van der Waals surface area contributed by atoms with Crippen LogP contribution in [0.25, 0.3) is 0 Å². The third-order valence-corrected chi connectivity index (χ3v) is 5.41. The highest BCUT2D eigenvalue weighted by molar-refractivity contribution is 8.01. The number of hydrogen-bond donors (Lipinski definition) is 0. The Bertz CT molecular complexity index is 630. The van der Waals surface area contributed by atoms with Gasteiger partial charge in [-0.25, -0.2) is 0 Å². The number of aryl methyl sites for hydroxylation is 1. The lowest BCUT2D eigenvalue weighted by Gasteiger charge is -2.03. The summed E-state index contributed by atoms with van der Waals surface area (Å²) in [6.45, 7) is 3.98. The molecule has 0 bridgehead atoms. The number of thioether (sulfide) groups is 1. The molecule has 0 aromatic carbocycles. The second-order valence-electron chi connectivity index (χ2n) is 4.80. The molecule has 0 aliphatic carbocycles. The Morgan fingerprint density at radius 1 is 1.40 bits per heavy atom. The second kappa shape index (κ2) is 5.97. The van der Waals surface area contributed by atoms with E-state index in [1.165, 1.54) is 23.1 Å². The molecule has 20 heavy (non-hydrogen) atoms. The zero-order chi connectivity index (χ0) is 14.9. The maximum absolute atomic E-state index is 12.3. The lowest BCUT2D eigenvalue weighted by atomic mass is 10.2. The van der Waals surface area contributed by atoms with Gasteiger partial charge in [0, 0.05) is 38.1 Å². The zero-order valence-electron chi connectivity index (χ0n) is 12.3. The molecular formula is C13H18N4OS2. The number of anilines is 1. The number of carbonyl (C=O) groups excluding carboxylic acids is 1. The van der Waals surface area contributed by atoms with Crippen molar-refractivity contribution in [3.05, 3.63) is 23.0 Å². The van der Waals surface area contributed by atoms with Crippen LogP contribution < -0.4 is 4.90 Å². The fourth-order valence-electron chi connectivity index (χ4n) is 1.78. The van der Waals surface area contributed by atoms with Crippen LogP contribution in [-0.2, 0) is 7.05 Å². The quantitative estimate of drug-likeness (QED) is 0.627. The van der Waals surface area contributed by atoms with Gasteiger partial charge in [-0.1, -0.05) is 23.1 Å². The number of aromatic nitrogens is 3. The molecule has 108 valence electrons. The number of carbonyl (C=O) groups is 1. The first-order valence-electron chi connectivity index (χ1n) is 6.20. The topological polar surface area (TPSA) is 51.0 Å². The van der Waals surface area contributed by atoms with Crippen LogP contribution in [-0.4, -0.2) is 40.4 Å². The summed E-state index contributed by atoms with van der Waals surface area (Å²) >= 11 is 2.94. The summed E-state index contributed by atoms with van der Waals surface area (Å²) in [5.41, 5.74) is 2.91. The van der Waals surface area contributed by atoms with Gasteiger partial charge in [0.2, 0.25) is 5.13 Å². The number of hydrogen-bond acceptors (Lipinski definition) is 6. The van der Waals surface area contributed by atoms with Crippen LogP contribution in [0, 0.1) is 13.8 Å². The minimum absolute atomic E-state index is 0.137. The van der Waals surface area contributed by atoms with Crippen LogP contribution >= 0.6 is 23.1 Å². The van der Waals surface area contributed by atoms with Gasteiger partial charge in [0.05, 0.1) is 5.75 Å². The van der Waals surface area contributed by atoms with E-state index < -0.39 is 0 Å². The fourth-order valence-corrected chi connectivity index (χ4v) is 3.43. The molecule has 0 unspecified atom stereocenters. The second-order valence-corrected chi connectivity index (χ2v) is 6.98. The molecule has 0 spiro atoms. The van der Waals surface area contributed by atoms with Gasteiger partial charge in [0.15, 0.2) is 10.1 Å². The summed E-state index contributed by atoms with van der Waals surface area (Å²) in [6.07, 6.45) is 0. The Hall–Kier alpha value is -1.34. The van der Waals surface area contributed by atoms with Gasteiger partial charge in [-0.3, -0.25) is 4.79 Å². The van der Waals surface area contributed by atoms with Crippen LogP contribution in [0.4, 0.5) is 5.13 Å². The SMILES string of the molecule is Cc1cc(C(=O)CSc2nnc(N(C)C)s2)c(C)n1C. The monoisotopic (exact) mass is 310 g/mol. The van der Waals surface area contributed by atoms with E-state index >= 15 is 0 Å². The summed E-state index contributed by atoms with van der Waals surface area (Å²) in [4.78, 5) is 14.2. The van der Waals surface area contributed by atoms with E-state index in [0.29, 0.717) is 5.75 Å². The number of rotatable bonds is 5. The van der Waals surface area contributed by atoms with Gasteiger partial charge in [-0.2, -0.15) is 0 Å². The van der Waals surface area contributed by atoms with Crippen molar-refractivity contribution >= 4 is 34.0 Å². The summed E-state index contributed by atoms with van der Waals surface area (Å²) in [6, 6.07) is 1.95. The maximum atomic E-state index is 12.3. The van der Waals surface area contributed by atoms with Crippen LogP contribution in [0.5, 0.6) is 0 Å². The van der Waals surface area contributed by atoms with Crippen molar-refractivity contribution in [2.75, 3.05) is 24.7 Å². The summed E-state index contributed by atoms with van der Waals surface area (Å²) < 4.78 is 2.86. The van der Waals surface area contributed by atoms with E-state index in [2.05, 4.69) is 10.2 Å². The van der Waals surface area contributed by atoms with E-state index in [0.717, 1.165) is 26.4 Å². The molecule has 0 atom stereocenters. The summed E-state index contributed by atoms with van der Waals surface area (Å²) in [7, 11) is 5.83. The van der Waals surface area contributed by atoms with E-state index in [9.17, 15) is 4.79 Å². The zero-order valence-corrected chi connectivity index (χ0v) is 13.9. The van der Waals surface area contributed by atoms with Crippen molar-refractivity contribution in [1.82, 2.24) is 14.8 Å². The van der Waals surface area contributed by atoms with Gasteiger partial charge in [0.1, 0.15) is 0 Å². The third kappa shape index (κ3) is 3.04. The van der Waals surface area contributed by atoms with Crippen LogP contribution in [0.3, 0.4) is 0 Å². The first-order valence-corrected chi connectivity index (χ1v) is 8.00. The largest absolute Gasteiger partial charge is 0.353 e. The Morgan fingerprint density at radius 3 is 2.60 bits per heavy atom. The van der Waals surface area contributed by atoms with Gasteiger partial charge in [-0.05, 0) is 19.9 Å². The molecule has 0 aliphatic heterocycles. The molecule has 2 heterocycles. The van der Waals surface area contributed by atoms with Gasteiger partial charge in [0.25, 0.3) is 0 Å². The molecule has 0 saturated carbocycles. The highest BCUT2D eigenvalue weighted by atomic mass is 32.2. The molecule has 7 heteroatoms. The van der Waals surface area contributed by atoms with Crippen molar-refractivity contribution < 1.29 is 4.79 Å². The van der Waals surface area contributed by atoms with Crippen molar-refractivity contribution in [2.24, 2.45) is 7.05 Å². The first-order chi connectivity index (χ1) is 9.40. The summed E-state index contributed by atoms with van der Waals surface area (Å²) in [5, 5.41) is 8.99. The Morgan fingerprint density at radius 2 is 2.10 bits per heavy atom. The Balaban J connectivity index is 2.03. The Kier molecular flexibility index (Phi) is 4.49. The average Bonchev–Trinajstić information content (AvgIpc) is 2.97. The predicted octanol–water partition coefficient (Wildman–Crippen LogP) is 2.53. The minimum atomic E-state index is 0.137. The van der Waals surface area contributed by atoms with Crippen LogP contribution in [0.1, 0.15) is 21.7 Å². The van der Waals surface area contributed by atoms with E-state index in [1.54, 1.807) is 0 Å². The third-order valence-electron chi connectivity index (χ3n) is 3.18. The standard InChI is InChI=1S/C13H18N4OS2/c1-8-6-10(9(2)17(8)5)11(18)7-19-13-15-14-12(20-13)16(3)4/h6H,7H2,1-5H3. The number of nitrogens with zero attached hydrogens (tertiary/aromatic N) is 4. The van der Waals surface area contributed by atoms with Crippen molar-refractivity contribution in [3.63, 3.8) is 0 Å². The fraction of sp³-hybridized carbons (Fsp3) is 0.462. The molecule has 2 aromatic heterocycles. The smallest absolute Gasteiger partial charge is 0.208 e. The van der Waals surface area contributed by atoms with Crippen LogP contribution in [0.2, 0.25) is 0 Å². The molecule has 0 N–H and O–H groups in total. The number of Topliss-reactive ketones (excluding diaryl/α,β-unsaturated/α-hetero) is 1. The van der Waals surface area contributed by atoms with E-state index in [1.807, 2.05) is 50.5 Å². The first kappa shape index (κ1) is 15.1. The van der Waals surface area contributed by atoms with E-state index in [4.69, 9.17) is 0 Å². The molecule has 0 saturated heterocycles. The van der Waals surface area contributed by atoms with Crippen LogP contribution in [0.15, 0.2) is 10.4 Å². The minimum Gasteiger partial charge on any atom is -0.353 e. The normalized spacial score (nSPS) is 10.8. The molecule has 2 rings (SSSR count). The highest BCUT2D eigenvalue weighted by Gasteiger charge is 2.15. The Labute approximate surface area is 127 Å². The molecule has 5 nitrogen and oxygen atoms in total. The lowest BCUT2D eigenvalue weighted by molar-refractivity contribution is 0.102. The molecule has 0 fully saturated rings. The molecule has 0 aliphatic rings. The van der Waals surface area contributed by atoms with E-state index in [-0.39, 0.29) is 5.78 Å². The highest BCUT2D eigenvalue weighted by Crippen LogP contribution is 2.27. The molecular weight excluding hydrogens is 292 g/mol. The molecule has 0 amide bonds.